The minimum Gasteiger partial charge on any atom is -0.396 e. The van der Waals surface area contributed by atoms with E-state index in [-0.39, 0.29) is 12.5 Å². The van der Waals surface area contributed by atoms with Gasteiger partial charge in [0.2, 0.25) is 0 Å². The Hall–Kier alpha value is -1.62. The third-order valence-corrected chi connectivity index (χ3v) is 2.71. The van der Waals surface area contributed by atoms with Gasteiger partial charge in [0.15, 0.2) is 0 Å². The maximum atomic E-state index is 12.3. The van der Waals surface area contributed by atoms with Gasteiger partial charge < -0.3 is 14.9 Å². The van der Waals surface area contributed by atoms with Gasteiger partial charge in [-0.2, -0.15) is 0 Å². The Bertz CT molecular complexity index is 394. The molecule has 18 heavy (non-hydrogen) atoms. The fourth-order valence-electron chi connectivity index (χ4n) is 1.64. The second-order valence-corrected chi connectivity index (χ2v) is 4.26. The molecular weight excluding hydrogens is 230 g/mol. The molecule has 0 saturated carbocycles. The number of rotatable bonds is 6. The Morgan fingerprint density at radius 3 is 2.72 bits per heavy atom. The van der Waals surface area contributed by atoms with Crippen molar-refractivity contribution in [2.45, 2.75) is 13.3 Å². The van der Waals surface area contributed by atoms with Crippen molar-refractivity contribution in [1.29, 1.82) is 0 Å². The molecular formula is C13H21N3O2. The van der Waals surface area contributed by atoms with Gasteiger partial charge in [0.1, 0.15) is 5.82 Å². The van der Waals surface area contributed by atoms with Crippen molar-refractivity contribution in [3.63, 3.8) is 0 Å². The van der Waals surface area contributed by atoms with Crippen LogP contribution >= 0.6 is 0 Å². The first kappa shape index (κ1) is 14.4. The first-order valence-electron chi connectivity index (χ1n) is 6.13. The summed E-state index contributed by atoms with van der Waals surface area (Å²) >= 11 is 0. The lowest BCUT2D eigenvalue weighted by atomic mass is 10.2. The largest absolute Gasteiger partial charge is 0.396 e. The number of nitrogens with zero attached hydrogens (tertiary/aromatic N) is 3. The summed E-state index contributed by atoms with van der Waals surface area (Å²) in [6.07, 6.45) is 2.24. The summed E-state index contributed by atoms with van der Waals surface area (Å²) in [5.74, 6) is 0.746. The molecule has 0 atom stereocenters. The maximum Gasteiger partial charge on any atom is 0.254 e. The van der Waals surface area contributed by atoms with E-state index < -0.39 is 0 Å². The molecule has 1 amide bonds. The molecule has 5 heteroatoms. The summed E-state index contributed by atoms with van der Waals surface area (Å²) in [4.78, 5) is 20.0. The highest BCUT2D eigenvalue weighted by molar-refractivity contribution is 5.94. The van der Waals surface area contributed by atoms with Gasteiger partial charge in [0.25, 0.3) is 5.91 Å². The van der Waals surface area contributed by atoms with E-state index in [2.05, 4.69) is 4.98 Å². The molecule has 5 nitrogen and oxygen atoms in total. The number of aliphatic hydroxyl groups excluding tert-OH is 1. The first-order valence-corrected chi connectivity index (χ1v) is 6.13. The lowest BCUT2D eigenvalue weighted by molar-refractivity contribution is 0.0754. The van der Waals surface area contributed by atoms with Crippen LogP contribution in [0.1, 0.15) is 23.7 Å². The summed E-state index contributed by atoms with van der Waals surface area (Å²) in [6, 6.07) is 3.50. The van der Waals surface area contributed by atoms with Crippen LogP contribution in [0.15, 0.2) is 18.3 Å². The molecule has 0 aromatic carbocycles. The summed E-state index contributed by atoms with van der Waals surface area (Å²) < 4.78 is 0. The van der Waals surface area contributed by atoms with Gasteiger partial charge in [-0.1, -0.05) is 0 Å². The molecule has 0 fully saturated rings. The zero-order chi connectivity index (χ0) is 13.5. The normalized spacial score (nSPS) is 10.2. The van der Waals surface area contributed by atoms with E-state index >= 15 is 0 Å². The van der Waals surface area contributed by atoms with E-state index in [9.17, 15) is 4.79 Å². The standard InChI is InChI=1S/C13H21N3O2/c1-4-16(8-5-9-17)13(18)11-6-7-14-12(10-11)15(2)3/h6-7,10,17H,4-5,8-9H2,1-3H3. The van der Waals surface area contributed by atoms with E-state index in [1.54, 1.807) is 23.2 Å². The Morgan fingerprint density at radius 1 is 1.44 bits per heavy atom. The zero-order valence-electron chi connectivity index (χ0n) is 11.3. The van der Waals surface area contributed by atoms with Crippen LogP contribution in [0.2, 0.25) is 0 Å². The van der Waals surface area contributed by atoms with Crippen LogP contribution in [0.25, 0.3) is 0 Å². The average Bonchev–Trinajstić information content (AvgIpc) is 2.39. The van der Waals surface area contributed by atoms with Crippen molar-refractivity contribution in [2.75, 3.05) is 38.7 Å². The molecule has 0 bridgehead atoms. The van der Waals surface area contributed by atoms with E-state index in [0.29, 0.717) is 25.1 Å². The third-order valence-electron chi connectivity index (χ3n) is 2.71. The lowest BCUT2D eigenvalue weighted by Crippen LogP contribution is -2.32. The Kier molecular flexibility index (Phi) is 5.58. The summed E-state index contributed by atoms with van der Waals surface area (Å²) in [5.41, 5.74) is 0.633. The van der Waals surface area contributed by atoms with E-state index in [0.717, 1.165) is 5.82 Å². The molecule has 0 unspecified atom stereocenters. The van der Waals surface area contributed by atoms with Crippen molar-refractivity contribution in [2.24, 2.45) is 0 Å². The van der Waals surface area contributed by atoms with Gasteiger partial charge in [-0.3, -0.25) is 4.79 Å². The number of amides is 1. The molecule has 0 spiro atoms. The second-order valence-electron chi connectivity index (χ2n) is 4.26. The van der Waals surface area contributed by atoms with Gasteiger partial charge in [-0.05, 0) is 25.5 Å². The highest BCUT2D eigenvalue weighted by Gasteiger charge is 2.14. The topological polar surface area (TPSA) is 56.7 Å². The number of carbonyl (C=O) groups excluding carboxylic acids is 1. The Morgan fingerprint density at radius 2 is 2.17 bits per heavy atom. The molecule has 1 aromatic rings. The van der Waals surface area contributed by atoms with Crippen molar-refractivity contribution in [3.8, 4) is 0 Å². The van der Waals surface area contributed by atoms with Crippen LogP contribution in [0.3, 0.4) is 0 Å². The number of aliphatic hydroxyl groups is 1. The fourth-order valence-corrected chi connectivity index (χ4v) is 1.64. The van der Waals surface area contributed by atoms with Crippen LogP contribution in [-0.2, 0) is 0 Å². The molecule has 0 saturated heterocycles. The minimum absolute atomic E-state index is 0.0172. The molecule has 1 N–H and O–H groups in total. The number of carbonyl (C=O) groups is 1. The molecule has 0 aliphatic carbocycles. The van der Waals surface area contributed by atoms with Crippen LogP contribution in [0.4, 0.5) is 5.82 Å². The lowest BCUT2D eigenvalue weighted by Gasteiger charge is -2.21. The van der Waals surface area contributed by atoms with Gasteiger partial charge in [-0.25, -0.2) is 4.98 Å². The highest BCUT2D eigenvalue weighted by Crippen LogP contribution is 2.12. The first-order chi connectivity index (χ1) is 8.60. The fraction of sp³-hybridized carbons (Fsp3) is 0.538. The van der Waals surface area contributed by atoms with Crippen LogP contribution < -0.4 is 4.90 Å². The summed E-state index contributed by atoms with van der Waals surface area (Å²) in [7, 11) is 3.78. The quantitative estimate of drug-likeness (QED) is 0.819. The number of hydrogen-bond acceptors (Lipinski definition) is 4. The van der Waals surface area contributed by atoms with E-state index in [4.69, 9.17) is 5.11 Å². The van der Waals surface area contributed by atoms with Crippen LogP contribution in [-0.4, -0.2) is 54.7 Å². The van der Waals surface area contributed by atoms with Crippen molar-refractivity contribution < 1.29 is 9.90 Å². The minimum atomic E-state index is -0.0172. The molecule has 100 valence electrons. The predicted molar refractivity (Wildman–Crippen MR) is 71.8 cm³/mol. The SMILES string of the molecule is CCN(CCCO)C(=O)c1ccnc(N(C)C)c1. The maximum absolute atomic E-state index is 12.3. The summed E-state index contributed by atoms with van der Waals surface area (Å²) in [5, 5.41) is 8.83. The van der Waals surface area contributed by atoms with Crippen molar-refractivity contribution in [1.82, 2.24) is 9.88 Å². The zero-order valence-corrected chi connectivity index (χ0v) is 11.3. The molecule has 0 aliphatic rings. The Balaban J connectivity index is 2.84. The highest BCUT2D eigenvalue weighted by atomic mass is 16.3. The van der Waals surface area contributed by atoms with Crippen molar-refractivity contribution in [3.05, 3.63) is 23.9 Å². The number of pyridine rings is 1. The smallest absolute Gasteiger partial charge is 0.254 e. The van der Waals surface area contributed by atoms with Crippen LogP contribution in [0.5, 0.6) is 0 Å². The van der Waals surface area contributed by atoms with Gasteiger partial charge in [0.05, 0.1) is 0 Å². The Labute approximate surface area is 108 Å². The van der Waals surface area contributed by atoms with Gasteiger partial charge in [0, 0.05) is 45.6 Å². The predicted octanol–water partition coefficient (Wildman–Crippen LogP) is 0.992. The number of hydrogen-bond donors (Lipinski definition) is 1. The number of anilines is 1. The monoisotopic (exact) mass is 251 g/mol. The second kappa shape index (κ2) is 6.96. The number of aromatic nitrogens is 1. The van der Waals surface area contributed by atoms with Gasteiger partial charge >= 0.3 is 0 Å². The molecule has 0 radical (unpaired) electrons. The molecule has 1 heterocycles. The van der Waals surface area contributed by atoms with Gasteiger partial charge in [-0.15, -0.1) is 0 Å². The third kappa shape index (κ3) is 3.70. The average molecular weight is 251 g/mol. The molecule has 1 rings (SSSR count). The van der Waals surface area contributed by atoms with E-state index in [1.807, 2.05) is 25.9 Å². The van der Waals surface area contributed by atoms with Crippen LogP contribution in [0, 0.1) is 0 Å². The molecule has 0 aliphatic heterocycles. The van der Waals surface area contributed by atoms with E-state index in [1.165, 1.54) is 0 Å². The van der Waals surface area contributed by atoms with Crippen molar-refractivity contribution >= 4 is 11.7 Å². The molecule has 1 aromatic heterocycles. The summed E-state index contributed by atoms with van der Waals surface area (Å²) in [6.45, 7) is 3.25.